The minimum Gasteiger partial charge on any atom is -0.350 e. The third-order valence-corrected chi connectivity index (χ3v) is 4.00. The Morgan fingerprint density at radius 1 is 1.35 bits per heavy atom. The highest BCUT2D eigenvalue weighted by Gasteiger charge is 2.24. The summed E-state index contributed by atoms with van der Waals surface area (Å²) in [7, 11) is 0. The van der Waals surface area contributed by atoms with Crippen LogP contribution in [0.3, 0.4) is 0 Å². The Morgan fingerprint density at radius 2 is 1.88 bits per heavy atom. The van der Waals surface area contributed by atoms with Gasteiger partial charge in [-0.25, -0.2) is 0 Å². The van der Waals surface area contributed by atoms with Crippen LogP contribution < -0.4 is 11.1 Å². The average molecular weight is 241 g/mol. The molecule has 4 heteroatoms. The van der Waals surface area contributed by atoms with Crippen LogP contribution in [0.15, 0.2) is 0 Å². The van der Waals surface area contributed by atoms with Crippen LogP contribution in [0.5, 0.6) is 0 Å². The molecular weight excluding hydrogens is 214 g/mol. The number of hydrogen-bond acceptors (Lipinski definition) is 3. The van der Waals surface area contributed by atoms with Gasteiger partial charge in [0.1, 0.15) is 0 Å². The number of nitrogens with one attached hydrogen (secondary N) is 1. The minimum atomic E-state index is -0.0523. The molecule has 1 aliphatic rings. The van der Waals surface area contributed by atoms with E-state index in [1.165, 1.54) is 0 Å². The second kappa shape index (κ2) is 6.36. The highest BCUT2D eigenvalue weighted by molar-refractivity contribution is 5.78. The van der Waals surface area contributed by atoms with Crippen LogP contribution in [0.25, 0.3) is 0 Å². The van der Waals surface area contributed by atoms with Crippen LogP contribution in [0, 0.1) is 0 Å². The van der Waals surface area contributed by atoms with Gasteiger partial charge in [0.25, 0.3) is 0 Å². The lowest BCUT2D eigenvalue weighted by atomic mass is 9.95. The molecule has 4 nitrogen and oxygen atoms in total. The highest BCUT2D eigenvalue weighted by Crippen LogP contribution is 2.14. The van der Waals surface area contributed by atoms with Gasteiger partial charge in [0.15, 0.2) is 0 Å². The molecule has 1 heterocycles. The fourth-order valence-corrected chi connectivity index (χ4v) is 2.12. The van der Waals surface area contributed by atoms with Crippen molar-refractivity contribution in [2.24, 2.45) is 5.73 Å². The highest BCUT2D eigenvalue weighted by atomic mass is 16.2. The van der Waals surface area contributed by atoms with Gasteiger partial charge >= 0.3 is 0 Å². The smallest absolute Gasteiger partial charge is 0.234 e. The molecule has 17 heavy (non-hydrogen) atoms. The lowest BCUT2D eigenvalue weighted by Gasteiger charge is -2.32. The SMILES string of the molecule is CCC(C)(CC)NC(=O)CN1CCC(N)CC1. The van der Waals surface area contributed by atoms with Gasteiger partial charge in [-0.3, -0.25) is 9.69 Å². The molecule has 1 rings (SSSR count). The number of hydrogen-bond donors (Lipinski definition) is 2. The Morgan fingerprint density at radius 3 is 2.35 bits per heavy atom. The average Bonchev–Trinajstić information content (AvgIpc) is 2.32. The third kappa shape index (κ3) is 4.64. The van der Waals surface area contributed by atoms with E-state index in [1.807, 2.05) is 0 Å². The first-order valence-electron chi connectivity index (χ1n) is 6.78. The Hall–Kier alpha value is -0.610. The number of rotatable bonds is 5. The van der Waals surface area contributed by atoms with E-state index in [0.717, 1.165) is 38.8 Å². The molecule has 0 radical (unpaired) electrons. The van der Waals surface area contributed by atoms with Gasteiger partial charge in [-0.1, -0.05) is 13.8 Å². The molecule has 1 saturated heterocycles. The molecule has 0 spiro atoms. The van der Waals surface area contributed by atoms with E-state index in [9.17, 15) is 4.79 Å². The van der Waals surface area contributed by atoms with Gasteiger partial charge in [-0.05, 0) is 32.6 Å². The summed E-state index contributed by atoms with van der Waals surface area (Å²) in [5, 5.41) is 3.14. The molecule has 3 N–H and O–H groups in total. The van der Waals surface area contributed by atoms with Crippen molar-refractivity contribution in [3.05, 3.63) is 0 Å². The van der Waals surface area contributed by atoms with Gasteiger partial charge in [0.2, 0.25) is 5.91 Å². The summed E-state index contributed by atoms with van der Waals surface area (Å²) in [5.74, 6) is 0.145. The summed E-state index contributed by atoms with van der Waals surface area (Å²) >= 11 is 0. The molecule has 0 aromatic rings. The largest absolute Gasteiger partial charge is 0.350 e. The number of amides is 1. The van der Waals surface area contributed by atoms with Crippen molar-refractivity contribution in [3.8, 4) is 0 Å². The molecule has 0 saturated carbocycles. The molecule has 0 unspecified atom stereocenters. The van der Waals surface area contributed by atoms with Gasteiger partial charge < -0.3 is 11.1 Å². The standard InChI is InChI=1S/C13H27N3O/c1-4-13(3,5-2)15-12(17)10-16-8-6-11(14)7-9-16/h11H,4-10,14H2,1-3H3,(H,15,17). The number of likely N-dealkylation sites (tertiary alicyclic amines) is 1. The summed E-state index contributed by atoms with van der Waals surface area (Å²) < 4.78 is 0. The molecule has 1 amide bonds. The zero-order chi connectivity index (χ0) is 12.9. The predicted octanol–water partition coefficient (Wildman–Crippen LogP) is 1.10. The summed E-state index contributed by atoms with van der Waals surface area (Å²) in [6, 6.07) is 0.325. The van der Waals surface area contributed by atoms with Crippen molar-refractivity contribution in [1.82, 2.24) is 10.2 Å². The number of carbonyl (C=O) groups is 1. The molecule has 0 atom stereocenters. The molecule has 0 aromatic heterocycles. The van der Waals surface area contributed by atoms with Crippen LogP contribution >= 0.6 is 0 Å². The summed E-state index contributed by atoms with van der Waals surface area (Å²) in [6.45, 7) is 8.75. The molecular formula is C13H27N3O. The van der Waals surface area contributed by atoms with Crippen molar-refractivity contribution in [2.75, 3.05) is 19.6 Å². The van der Waals surface area contributed by atoms with E-state index in [1.54, 1.807) is 0 Å². The zero-order valence-electron chi connectivity index (χ0n) is 11.5. The van der Waals surface area contributed by atoms with Crippen LogP contribution in [0.1, 0.15) is 46.5 Å². The van der Waals surface area contributed by atoms with Gasteiger partial charge in [0.05, 0.1) is 6.54 Å². The number of nitrogens with zero attached hydrogens (tertiary/aromatic N) is 1. The summed E-state index contributed by atoms with van der Waals surface area (Å²) in [5.41, 5.74) is 5.79. The third-order valence-electron chi connectivity index (χ3n) is 4.00. The first-order valence-corrected chi connectivity index (χ1v) is 6.78. The van der Waals surface area contributed by atoms with Crippen molar-refractivity contribution in [2.45, 2.75) is 58.0 Å². The van der Waals surface area contributed by atoms with E-state index >= 15 is 0 Å². The van der Waals surface area contributed by atoms with Gasteiger partial charge in [-0.15, -0.1) is 0 Å². The Kier molecular flexibility index (Phi) is 5.40. The number of nitrogens with two attached hydrogens (primary N) is 1. The van der Waals surface area contributed by atoms with E-state index < -0.39 is 0 Å². The van der Waals surface area contributed by atoms with E-state index in [2.05, 4.69) is 31.0 Å². The Labute approximate surface area is 105 Å². The first kappa shape index (κ1) is 14.5. The zero-order valence-corrected chi connectivity index (χ0v) is 11.5. The summed E-state index contributed by atoms with van der Waals surface area (Å²) in [4.78, 5) is 14.1. The Bertz CT molecular complexity index is 243. The van der Waals surface area contributed by atoms with Gasteiger partial charge in [0, 0.05) is 24.7 Å². The number of piperidine rings is 1. The van der Waals surface area contributed by atoms with Crippen LogP contribution in [-0.4, -0.2) is 42.0 Å². The Balaban J connectivity index is 2.34. The maximum Gasteiger partial charge on any atom is 0.234 e. The fraction of sp³-hybridized carbons (Fsp3) is 0.923. The lowest BCUT2D eigenvalue weighted by Crippen LogP contribution is -2.50. The molecule has 0 bridgehead atoms. The molecule has 1 aliphatic heterocycles. The molecule has 100 valence electrons. The topological polar surface area (TPSA) is 58.4 Å². The van der Waals surface area contributed by atoms with Crippen LogP contribution in [-0.2, 0) is 4.79 Å². The van der Waals surface area contributed by atoms with Gasteiger partial charge in [-0.2, -0.15) is 0 Å². The fourth-order valence-electron chi connectivity index (χ4n) is 2.12. The minimum absolute atomic E-state index is 0.0523. The molecule has 0 aliphatic carbocycles. The monoisotopic (exact) mass is 241 g/mol. The van der Waals surface area contributed by atoms with E-state index in [0.29, 0.717) is 12.6 Å². The van der Waals surface area contributed by atoms with E-state index in [-0.39, 0.29) is 11.4 Å². The predicted molar refractivity (Wildman–Crippen MR) is 70.8 cm³/mol. The molecule has 0 aromatic carbocycles. The maximum absolute atomic E-state index is 11.9. The maximum atomic E-state index is 11.9. The lowest BCUT2D eigenvalue weighted by molar-refractivity contribution is -0.124. The van der Waals surface area contributed by atoms with E-state index in [4.69, 9.17) is 5.73 Å². The number of carbonyl (C=O) groups excluding carboxylic acids is 1. The quantitative estimate of drug-likeness (QED) is 0.758. The van der Waals surface area contributed by atoms with Crippen LogP contribution in [0.4, 0.5) is 0 Å². The van der Waals surface area contributed by atoms with Crippen LogP contribution in [0.2, 0.25) is 0 Å². The second-order valence-corrected chi connectivity index (χ2v) is 5.43. The van der Waals surface area contributed by atoms with Crippen molar-refractivity contribution in [1.29, 1.82) is 0 Å². The first-order chi connectivity index (χ1) is 7.99. The second-order valence-electron chi connectivity index (χ2n) is 5.43. The molecule has 1 fully saturated rings. The summed E-state index contributed by atoms with van der Waals surface area (Å²) in [6.07, 6.45) is 3.96. The normalized spacial score (nSPS) is 19.3. The van der Waals surface area contributed by atoms with Crippen molar-refractivity contribution < 1.29 is 4.79 Å². The van der Waals surface area contributed by atoms with Crippen molar-refractivity contribution >= 4 is 5.91 Å². The van der Waals surface area contributed by atoms with Crippen molar-refractivity contribution in [3.63, 3.8) is 0 Å².